The molecule has 5 nitrogen and oxygen atoms in total. The van der Waals surface area contributed by atoms with Gasteiger partial charge in [0.05, 0.1) is 15.8 Å². The van der Waals surface area contributed by atoms with Gasteiger partial charge in [-0.2, -0.15) is 13.2 Å². The highest BCUT2D eigenvalue weighted by molar-refractivity contribution is 7.22. The highest BCUT2D eigenvalue weighted by Gasteiger charge is 2.35. The Kier molecular flexibility index (Phi) is 6.82. The minimum atomic E-state index is -4.74. The normalized spacial score (nSPS) is 17.4. The van der Waals surface area contributed by atoms with Crippen LogP contribution in [0, 0.1) is 12.7 Å². The Morgan fingerprint density at radius 1 is 1.21 bits per heavy atom. The summed E-state index contributed by atoms with van der Waals surface area (Å²) < 4.78 is 58.8. The first-order valence-electron chi connectivity index (χ1n) is 11.0. The van der Waals surface area contributed by atoms with Gasteiger partial charge < -0.3 is 9.64 Å². The van der Waals surface area contributed by atoms with E-state index in [4.69, 9.17) is 4.74 Å². The second kappa shape index (κ2) is 9.50. The summed E-state index contributed by atoms with van der Waals surface area (Å²) in [6, 6.07) is 7.66. The first kappa shape index (κ1) is 24.4. The zero-order valence-electron chi connectivity index (χ0n) is 19.1. The summed E-state index contributed by atoms with van der Waals surface area (Å²) in [4.78, 5) is 20.1. The average molecular weight is 496 g/mol. The largest absolute Gasteiger partial charge is 0.427 e. The van der Waals surface area contributed by atoms with Crippen LogP contribution in [0.25, 0.3) is 10.2 Å². The molecular weight excluding hydrogens is 470 g/mol. The van der Waals surface area contributed by atoms with Crippen molar-refractivity contribution in [1.29, 1.82) is 0 Å². The number of hydrogen-bond acceptors (Lipinski definition) is 6. The molecule has 3 aromatic rings. The monoisotopic (exact) mass is 495 g/mol. The lowest BCUT2D eigenvalue weighted by atomic mass is 10.1. The molecular formula is C24H25F4N3O2S. The molecule has 0 radical (unpaired) electrons. The van der Waals surface area contributed by atoms with Crippen molar-refractivity contribution in [3.05, 3.63) is 52.8 Å². The Labute approximate surface area is 198 Å². The minimum absolute atomic E-state index is 0.195. The fourth-order valence-electron chi connectivity index (χ4n) is 4.33. The maximum absolute atomic E-state index is 14.0. The summed E-state index contributed by atoms with van der Waals surface area (Å²) in [7, 11) is 0. The number of alkyl halides is 3. The molecule has 4 rings (SSSR count). The van der Waals surface area contributed by atoms with Crippen LogP contribution < -0.4 is 9.64 Å². The summed E-state index contributed by atoms with van der Waals surface area (Å²) in [5.74, 6) is -1.15. The fourth-order valence-corrected chi connectivity index (χ4v) is 5.35. The Balaban J connectivity index is 1.51. The highest BCUT2D eigenvalue weighted by Crippen LogP contribution is 2.37. The number of aromatic nitrogens is 1. The van der Waals surface area contributed by atoms with E-state index in [0.29, 0.717) is 35.2 Å². The second-order valence-electron chi connectivity index (χ2n) is 8.52. The van der Waals surface area contributed by atoms with E-state index < -0.39 is 17.6 Å². The number of carbonyl (C=O) groups excluding carboxylic acids is 1. The van der Waals surface area contributed by atoms with Crippen molar-refractivity contribution in [2.24, 2.45) is 0 Å². The molecule has 0 aliphatic carbocycles. The Morgan fingerprint density at radius 3 is 2.65 bits per heavy atom. The van der Waals surface area contributed by atoms with Gasteiger partial charge in [-0.15, -0.1) is 0 Å². The Hall–Kier alpha value is -2.72. The van der Waals surface area contributed by atoms with E-state index in [2.05, 4.69) is 27.8 Å². The molecule has 0 bridgehead atoms. The lowest BCUT2D eigenvalue weighted by Gasteiger charge is -2.41. The van der Waals surface area contributed by atoms with E-state index in [1.165, 1.54) is 6.92 Å². The van der Waals surface area contributed by atoms with Gasteiger partial charge in [-0.05, 0) is 42.7 Å². The molecule has 1 atom stereocenters. The third kappa shape index (κ3) is 5.33. The van der Waals surface area contributed by atoms with Crippen molar-refractivity contribution in [2.75, 3.05) is 24.5 Å². The molecule has 1 saturated heterocycles. The van der Waals surface area contributed by atoms with Gasteiger partial charge in [0.25, 0.3) is 0 Å². The van der Waals surface area contributed by atoms with E-state index in [0.717, 1.165) is 47.6 Å². The summed E-state index contributed by atoms with van der Waals surface area (Å²) >= 11 is 1.15. The van der Waals surface area contributed by atoms with Crippen LogP contribution in [0.5, 0.6) is 5.75 Å². The molecule has 1 aliphatic heterocycles. The van der Waals surface area contributed by atoms with Gasteiger partial charge in [0.15, 0.2) is 5.13 Å². The molecule has 1 fully saturated rings. The molecule has 1 aromatic heterocycles. The SMILES string of the molecule is CC[C@@H]1CN(c2nc3cc(F)c(C(F)(F)F)cc3s2)CCN1Cc1cc(C)cc(OC(C)=O)c1. The summed E-state index contributed by atoms with van der Waals surface area (Å²) in [6.45, 7) is 8.13. The third-order valence-corrected chi connectivity index (χ3v) is 6.95. The standard InChI is InChI=1S/C24H25F4N3O2S/c1-4-17-13-31(23-29-21-11-20(25)19(24(26,27)28)10-22(21)34-23)6-5-30(17)12-16-7-14(2)8-18(9-16)33-15(3)32/h7-11,17H,4-6,12-13H2,1-3H3/t17-/m1/s1. The number of benzene rings is 2. The molecule has 0 unspecified atom stereocenters. The molecule has 34 heavy (non-hydrogen) atoms. The number of piperazine rings is 1. The fraction of sp³-hybridized carbons (Fsp3) is 0.417. The van der Waals surface area contributed by atoms with E-state index in [-0.39, 0.29) is 17.5 Å². The van der Waals surface area contributed by atoms with Crippen LogP contribution in [0.4, 0.5) is 22.7 Å². The van der Waals surface area contributed by atoms with Gasteiger partial charge in [0.2, 0.25) is 0 Å². The molecule has 0 amide bonds. The number of rotatable bonds is 5. The first-order valence-corrected chi connectivity index (χ1v) is 11.8. The minimum Gasteiger partial charge on any atom is -0.427 e. The van der Waals surface area contributed by atoms with E-state index in [1.807, 2.05) is 19.1 Å². The maximum Gasteiger partial charge on any atom is 0.419 e. The lowest BCUT2D eigenvalue weighted by Crippen LogP contribution is -2.52. The van der Waals surface area contributed by atoms with Crippen molar-refractivity contribution < 1.29 is 27.1 Å². The summed E-state index contributed by atoms with van der Waals surface area (Å²) in [5, 5.41) is 0.597. The topological polar surface area (TPSA) is 45.7 Å². The average Bonchev–Trinajstić information content (AvgIpc) is 3.14. The Morgan fingerprint density at radius 2 is 1.97 bits per heavy atom. The van der Waals surface area contributed by atoms with Crippen LogP contribution in [0.1, 0.15) is 37.0 Å². The number of halogens is 4. The highest BCUT2D eigenvalue weighted by atomic mass is 32.1. The van der Waals surface area contributed by atoms with E-state index >= 15 is 0 Å². The lowest BCUT2D eigenvalue weighted by molar-refractivity contribution is -0.139. The van der Waals surface area contributed by atoms with Crippen molar-refractivity contribution in [1.82, 2.24) is 9.88 Å². The van der Waals surface area contributed by atoms with Gasteiger partial charge in [-0.25, -0.2) is 9.37 Å². The zero-order valence-corrected chi connectivity index (χ0v) is 19.9. The van der Waals surface area contributed by atoms with Crippen molar-refractivity contribution in [2.45, 2.75) is 46.0 Å². The quantitative estimate of drug-likeness (QED) is 0.255. The molecule has 2 heterocycles. The van der Waals surface area contributed by atoms with Gasteiger partial charge >= 0.3 is 12.1 Å². The van der Waals surface area contributed by atoms with Crippen LogP contribution in [-0.4, -0.2) is 41.5 Å². The van der Waals surface area contributed by atoms with Gasteiger partial charge in [-0.3, -0.25) is 9.69 Å². The second-order valence-corrected chi connectivity index (χ2v) is 9.53. The number of fused-ring (bicyclic) bond motifs is 1. The van der Waals surface area contributed by atoms with Gasteiger partial charge in [-0.1, -0.05) is 24.3 Å². The molecule has 10 heteroatoms. The van der Waals surface area contributed by atoms with E-state index in [1.54, 1.807) is 0 Å². The van der Waals surface area contributed by atoms with Crippen LogP contribution in [-0.2, 0) is 17.5 Å². The molecule has 0 saturated carbocycles. The number of carbonyl (C=O) groups is 1. The van der Waals surface area contributed by atoms with Gasteiger partial charge in [0, 0.05) is 45.2 Å². The number of thiazole rings is 1. The molecule has 2 aromatic carbocycles. The summed E-state index contributed by atoms with van der Waals surface area (Å²) in [6.07, 6.45) is -3.87. The predicted molar refractivity (Wildman–Crippen MR) is 124 cm³/mol. The first-order chi connectivity index (χ1) is 16.0. The number of ether oxygens (including phenoxy) is 1. The number of anilines is 1. The van der Waals surface area contributed by atoms with Crippen molar-refractivity contribution >= 4 is 32.7 Å². The molecule has 1 aliphatic rings. The number of esters is 1. The summed E-state index contributed by atoms with van der Waals surface area (Å²) in [5.41, 5.74) is 1.01. The van der Waals surface area contributed by atoms with Crippen LogP contribution in [0.15, 0.2) is 30.3 Å². The number of hydrogen-bond donors (Lipinski definition) is 0. The molecule has 0 N–H and O–H groups in total. The zero-order chi connectivity index (χ0) is 24.6. The number of aryl methyl sites for hydroxylation is 1. The molecule has 0 spiro atoms. The van der Waals surface area contributed by atoms with E-state index in [9.17, 15) is 22.4 Å². The molecule has 182 valence electrons. The number of nitrogens with zero attached hydrogens (tertiary/aromatic N) is 3. The van der Waals surface area contributed by atoms with Crippen LogP contribution in [0.3, 0.4) is 0 Å². The van der Waals surface area contributed by atoms with Crippen molar-refractivity contribution in [3.63, 3.8) is 0 Å². The van der Waals surface area contributed by atoms with Gasteiger partial charge in [0.1, 0.15) is 11.6 Å². The third-order valence-electron chi connectivity index (χ3n) is 5.88. The van der Waals surface area contributed by atoms with Crippen LogP contribution >= 0.6 is 11.3 Å². The predicted octanol–water partition coefficient (Wildman–Crippen LogP) is 5.79. The van der Waals surface area contributed by atoms with Crippen LogP contribution in [0.2, 0.25) is 0 Å². The van der Waals surface area contributed by atoms with Crippen molar-refractivity contribution in [3.8, 4) is 5.75 Å². The maximum atomic E-state index is 14.0. The Bertz CT molecular complexity index is 1210. The smallest absolute Gasteiger partial charge is 0.419 e.